The van der Waals surface area contributed by atoms with Crippen LogP contribution in [0.2, 0.25) is 0 Å². The van der Waals surface area contributed by atoms with Crippen LogP contribution >= 0.6 is 0 Å². The molecule has 1 aromatic carbocycles. The summed E-state index contributed by atoms with van der Waals surface area (Å²) in [7, 11) is 7.50. The minimum absolute atomic E-state index is 0.0142. The van der Waals surface area contributed by atoms with E-state index in [1.54, 1.807) is 19.4 Å². The van der Waals surface area contributed by atoms with E-state index in [1.807, 2.05) is 67.2 Å². The summed E-state index contributed by atoms with van der Waals surface area (Å²) in [5, 5.41) is 12.5. The first kappa shape index (κ1) is 24.8. The van der Waals surface area contributed by atoms with Crippen LogP contribution in [0, 0.1) is 11.3 Å². The highest BCUT2D eigenvalue weighted by atomic mass is 16.2. The maximum absolute atomic E-state index is 12.9. The van der Waals surface area contributed by atoms with E-state index in [4.69, 9.17) is 0 Å². The van der Waals surface area contributed by atoms with Crippen molar-refractivity contribution in [1.29, 1.82) is 5.26 Å². The summed E-state index contributed by atoms with van der Waals surface area (Å²) in [6.07, 6.45) is 5.29. The first-order valence-electron chi connectivity index (χ1n) is 10.5. The lowest BCUT2D eigenvalue weighted by Crippen LogP contribution is -2.37. The van der Waals surface area contributed by atoms with E-state index in [0.29, 0.717) is 25.3 Å². The molecule has 9 nitrogen and oxygen atoms in total. The highest BCUT2D eigenvalue weighted by Gasteiger charge is 2.36. The van der Waals surface area contributed by atoms with E-state index < -0.39 is 6.04 Å². The average Bonchev–Trinajstić information content (AvgIpc) is 3.05. The number of likely N-dealkylation sites (N-methyl/N-ethyl adjacent to an activating group) is 1. The number of urea groups is 1. The standard InChI is InChI=1S/C23H33N7O2/c1-7-27(6)16-19-14-20(8-9-21(19)28(11-10-25-3)18(2)15-24)30-17-22(31)29(23(30)32)13-12-26(4)5/h7-11,14,18,25H,1,12-13,16-17H2,2-6H3/b11-10-. The van der Waals surface area contributed by atoms with Crippen molar-refractivity contribution >= 4 is 23.3 Å². The van der Waals surface area contributed by atoms with Gasteiger partial charge in [-0.1, -0.05) is 6.58 Å². The fourth-order valence-corrected chi connectivity index (χ4v) is 3.35. The predicted octanol–water partition coefficient (Wildman–Crippen LogP) is 2.00. The first-order valence-corrected chi connectivity index (χ1v) is 10.5. The summed E-state index contributed by atoms with van der Waals surface area (Å²) in [6.45, 7) is 7.14. The van der Waals surface area contributed by atoms with Gasteiger partial charge in [0.25, 0.3) is 5.91 Å². The number of carbonyl (C=O) groups excluding carboxylic acids is 2. The zero-order valence-corrected chi connectivity index (χ0v) is 19.6. The molecule has 0 saturated carbocycles. The smallest absolute Gasteiger partial charge is 0.331 e. The number of nitrogens with zero attached hydrogens (tertiary/aromatic N) is 6. The van der Waals surface area contributed by atoms with Crippen molar-refractivity contribution < 1.29 is 9.59 Å². The van der Waals surface area contributed by atoms with Gasteiger partial charge in [-0.25, -0.2) is 4.79 Å². The SMILES string of the molecule is C=CN(C)Cc1cc(N2CC(=O)N(CCN(C)C)C2=O)ccc1N(/C=C\NC)C(C)C#N. The Bertz CT molecular complexity index is 906. The minimum Gasteiger partial charge on any atom is -0.393 e. The minimum atomic E-state index is -0.408. The number of imide groups is 1. The average molecular weight is 440 g/mol. The molecule has 1 heterocycles. The Morgan fingerprint density at radius 3 is 2.62 bits per heavy atom. The number of carbonyl (C=O) groups is 2. The molecule has 0 aromatic heterocycles. The Kier molecular flexibility index (Phi) is 8.67. The third-order valence-corrected chi connectivity index (χ3v) is 5.22. The number of nitrogens with one attached hydrogen (secondary N) is 1. The maximum Gasteiger partial charge on any atom is 0.331 e. The van der Waals surface area contributed by atoms with Gasteiger partial charge in [-0.2, -0.15) is 5.26 Å². The number of hydrogen-bond donors (Lipinski definition) is 1. The highest BCUT2D eigenvalue weighted by molar-refractivity contribution is 6.12. The van der Waals surface area contributed by atoms with Gasteiger partial charge in [0, 0.05) is 57.5 Å². The second-order valence-electron chi connectivity index (χ2n) is 7.94. The van der Waals surface area contributed by atoms with Crippen molar-refractivity contribution in [2.75, 3.05) is 57.6 Å². The molecule has 3 amide bonds. The van der Waals surface area contributed by atoms with Crippen molar-refractivity contribution in [2.24, 2.45) is 0 Å². The van der Waals surface area contributed by atoms with Gasteiger partial charge in [0.15, 0.2) is 0 Å². The normalized spacial score (nSPS) is 14.8. The monoisotopic (exact) mass is 439 g/mol. The van der Waals surface area contributed by atoms with Crippen LogP contribution in [-0.2, 0) is 11.3 Å². The van der Waals surface area contributed by atoms with Gasteiger partial charge in [-0.3, -0.25) is 14.6 Å². The summed E-state index contributed by atoms with van der Waals surface area (Å²) < 4.78 is 0. The van der Waals surface area contributed by atoms with Gasteiger partial charge in [-0.15, -0.1) is 0 Å². The number of nitriles is 1. The molecule has 1 N–H and O–H groups in total. The fraction of sp³-hybridized carbons (Fsp3) is 0.435. The molecule has 1 aliphatic rings. The molecule has 1 aromatic rings. The first-order chi connectivity index (χ1) is 15.2. The molecular formula is C23H33N7O2. The predicted molar refractivity (Wildman–Crippen MR) is 127 cm³/mol. The molecule has 1 unspecified atom stereocenters. The van der Waals surface area contributed by atoms with Crippen LogP contribution in [0.5, 0.6) is 0 Å². The third kappa shape index (κ3) is 5.80. The lowest BCUT2D eigenvalue weighted by Gasteiger charge is -2.28. The number of benzene rings is 1. The van der Waals surface area contributed by atoms with Crippen molar-refractivity contribution in [3.63, 3.8) is 0 Å². The molecule has 0 spiro atoms. The van der Waals surface area contributed by atoms with E-state index >= 15 is 0 Å². The number of amides is 3. The molecule has 9 heteroatoms. The van der Waals surface area contributed by atoms with Crippen LogP contribution in [0.25, 0.3) is 0 Å². The lowest BCUT2D eigenvalue weighted by atomic mass is 10.1. The van der Waals surface area contributed by atoms with Crippen molar-refractivity contribution in [1.82, 2.24) is 20.0 Å². The van der Waals surface area contributed by atoms with Gasteiger partial charge >= 0.3 is 6.03 Å². The second-order valence-corrected chi connectivity index (χ2v) is 7.94. The molecule has 0 radical (unpaired) electrons. The third-order valence-electron chi connectivity index (χ3n) is 5.22. The van der Waals surface area contributed by atoms with E-state index in [0.717, 1.165) is 11.3 Å². The van der Waals surface area contributed by atoms with E-state index in [1.165, 1.54) is 9.80 Å². The summed E-state index contributed by atoms with van der Waals surface area (Å²) in [6, 6.07) is 7.15. The Balaban J connectivity index is 2.44. The summed E-state index contributed by atoms with van der Waals surface area (Å²) in [4.78, 5) is 33.9. The summed E-state index contributed by atoms with van der Waals surface area (Å²) in [5.74, 6) is -0.206. The molecule has 32 heavy (non-hydrogen) atoms. The zero-order valence-electron chi connectivity index (χ0n) is 19.6. The molecule has 1 aliphatic heterocycles. The van der Waals surface area contributed by atoms with E-state index in [9.17, 15) is 14.9 Å². The van der Waals surface area contributed by atoms with Crippen molar-refractivity contribution in [3.8, 4) is 6.07 Å². The Morgan fingerprint density at radius 2 is 2.03 bits per heavy atom. The Hall–Kier alpha value is -3.51. The van der Waals surface area contributed by atoms with Gasteiger partial charge in [0.2, 0.25) is 0 Å². The molecule has 172 valence electrons. The summed E-state index contributed by atoms with van der Waals surface area (Å²) >= 11 is 0. The molecular weight excluding hydrogens is 406 g/mol. The maximum atomic E-state index is 12.9. The topological polar surface area (TPSA) is 86.2 Å². The van der Waals surface area contributed by atoms with Crippen LogP contribution in [0.15, 0.2) is 43.4 Å². The summed E-state index contributed by atoms with van der Waals surface area (Å²) in [5.41, 5.74) is 2.39. The van der Waals surface area contributed by atoms with Gasteiger partial charge in [0.1, 0.15) is 12.6 Å². The number of rotatable bonds is 11. The number of anilines is 2. The van der Waals surface area contributed by atoms with Crippen molar-refractivity contribution in [2.45, 2.75) is 19.5 Å². The van der Waals surface area contributed by atoms with Crippen LogP contribution in [0.3, 0.4) is 0 Å². The van der Waals surface area contributed by atoms with Crippen molar-refractivity contribution in [3.05, 3.63) is 48.9 Å². The van der Waals surface area contributed by atoms with Crippen LogP contribution in [-0.4, -0.2) is 80.5 Å². The van der Waals surface area contributed by atoms with Crippen LogP contribution < -0.4 is 15.1 Å². The Labute approximate surface area is 190 Å². The highest BCUT2D eigenvalue weighted by Crippen LogP contribution is 2.31. The van der Waals surface area contributed by atoms with Gasteiger partial charge in [0.05, 0.1) is 6.07 Å². The molecule has 0 aliphatic carbocycles. The number of hydrogen-bond acceptors (Lipinski definition) is 7. The Morgan fingerprint density at radius 1 is 1.31 bits per heavy atom. The molecule has 0 bridgehead atoms. The molecule has 1 atom stereocenters. The van der Waals surface area contributed by atoms with E-state index in [-0.39, 0.29) is 18.5 Å². The molecule has 1 saturated heterocycles. The second kappa shape index (κ2) is 11.2. The zero-order chi connectivity index (χ0) is 23.8. The van der Waals surface area contributed by atoms with Crippen LogP contribution in [0.1, 0.15) is 12.5 Å². The van der Waals surface area contributed by atoms with E-state index in [2.05, 4.69) is 18.0 Å². The fourth-order valence-electron chi connectivity index (χ4n) is 3.35. The molecule has 2 rings (SSSR count). The van der Waals surface area contributed by atoms with Gasteiger partial charge < -0.3 is 20.0 Å². The quantitative estimate of drug-likeness (QED) is 0.528. The van der Waals surface area contributed by atoms with Gasteiger partial charge in [-0.05, 0) is 51.0 Å². The molecule has 1 fully saturated rings. The van der Waals surface area contributed by atoms with Crippen LogP contribution in [0.4, 0.5) is 16.2 Å². The lowest BCUT2D eigenvalue weighted by molar-refractivity contribution is -0.124. The largest absolute Gasteiger partial charge is 0.393 e.